The molecule has 3 aromatic carbocycles. The van der Waals surface area contributed by atoms with Crippen molar-refractivity contribution in [2.75, 3.05) is 6.61 Å². The number of aliphatic carboxylic acids is 1. The van der Waals surface area contributed by atoms with Crippen molar-refractivity contribution < 1.29 is 23.8 Å². The molecule has 172 valence electrons. The van der Waals surface area contributed by atoms with Crippen molar-refractivity contribution in [2.45, 2.75) is 18.4 Å². The Balaban J connectivity index is 1.29. The van der Waals surface area contributed by atoms with Gasteiger partial charge in [-0.05, 0) is 39.9 Å². The van der Waals surface area contributed by atoms with Gasteiger partial charge in [-0.15, -0.1) is 0 Å². The largest absolute Gasteiger partial charge is 0.480 e. The van der Waals surface area contributed by atoms with Gasteiger partial charge >= 0.3 is 12.1 Å². The molecule has 0 aliphatic heterocycles. The van der Waals surface area contributed by atoms with Gasteiger partial charge in [-0.3, -0.25) is 0 Å². The van der Waals surface area contributed by atoms with Gasteiger partial charge in [-0.1, -0.05) is 60.1 Å². The van der Waals surface area contributed by atoms with Gasteiger partial charge in [-0.25, -0.2) is 14.0 Å². The van der Waals surface area contributed by atoms with Gasteiger partial charge in [-0.2, -0.15) is 0 Å². The van der Waals surface area contributed by atoms with Crippen LogP contribution in [0.25, 0.3) is 22.0 Å². The molecule has 0 bridgehead atoms. The molecule has 0 spiro atoms. The average Bonchev–Trinajstić information content (AvgIpc) is 3.39. The van der Waals surface area contributed by atoms with E-state index in [4.69, 9.17) is 16.3 Å². The Morgan fingerprint density at radius 3 is 2.35 bits per heavy atom. The van der Waals surface area contributed by atoms with Gasteiger partial charge in [0, 0.05) is 23.9 Å². The highest BCUT2D eigenvalue weighted by Gasteiger charge is 2.30. The maximum Gasteiger partial charge on any atom is 0.407 e. The van der Waals surface area contributed by atoms with Gasteiger partial charge in [0.1, 0.15) is 23.5 Å². The second-order valence-electron chi connectivity index (χ2n) is 8.16. The number of carboxylic acids is 1. The second kappa shape index (κ2) is 8.83. The number of carboxylic acid groups (broad SMARTS) is 1. The Kier molecular flexibility index (Phi) is 5.71. The van der Waals surface area contributed by atoms with E-state index in [1.54, 1.807) is 6.20 Å². The maximum atomic E-state index is 13.7. The second-order valence-corrected chi connectivity index (χ2v) is 8.54. The number of aromatic amines is 1. The molecule has 1 aliphatic rings. The van der Waals surface area contributed by atoms with Crippen LogP contribution in [0.4, 0.5) is 9.18 Å². The highest BCUT2D eigenvalue weighted by atomic mass is 35.5. The number of benzene rings is 3. The monoisotopic (exact) mass is 478 g/mol. The van der Waals surface area contributed by atoms with Crippen LogP contribution in [0, 0.1) is 5.82 Å². The summed E-state index contributed by atoms with van der Waals surface area (Å²) in [5.41, 5.74) is 5.29. The summed E-state index contributed by atoms with van der Waals surface area (Å²) in [7, 11) is 0. The number of H-pyrrole nitrogens is 1. The topological polar surface area (TPSA) is 91.4 Å². The lowest BCUT2D eigenvalue weighted by molar-refractivity contribution is -0.139. The minimum atomic E-state index is -1.24. The molecule has 1 atom stereocenters. The number of hydrogen-bond donors (Lipinski definition) is 3. The molecule has 1 heterocycles. The van der Waals surface area contributed by atoms with E-state index in [1.807, 2.05) is 48.5 Å². The Hall–Kier alpha value is -3.84. The molecule has 1 aliphatic carbocycles. The average molecular weight is 479 g/mol. The van der Waals surface area contributed by atoms with Crippen LogP contribution in [-0.2, 0) is 16.0 Å². The van der Waals surface area contributed by atoms with Crippen LogP contribution in [0.3, 0.4) is 0 Å². The standard InChI is InChI=1S/C26H20ClFN2O4/c27-23-21(28)10-9-15-14(12-29-24(15)23)11-22(25(31)32)30-26(33)34-13-20-18-7-3-1-5-16(18)17-6-2-4-8-19(17)20/h1-10,12,20,22,29H,11,13H2,(H,30,33)(H,31,32)/t22-/m0/s1. The van der Waals surface area contributed by atoms with Gasteiger partial charge < -0.3 is 20.1 Å². The van der Waals surface area contributed by atoms with Gasteiger partial charge in [0.15, 0.2) is 0 Å². The first-order valence-electron chi connectivity index (χ1n) is 10.7. The molecular weight excluding hydrogens is 459 g/mol. The number of carbonyl (C=O) groups excluding carboxylic acids is 1. The lowest BCUT2D eigenvalue weighted by Gasteiger charge is -2.17. The molecule has 0 fully saturated rings. The quantitative estimate of drug-likeness (QED) is 0.341. The van der Waals surface area contributed by atoms with Gasteiger partial charge in [0.05, 0.1) is 5.52 Å². The predicted octanol–water partition coefficient (Wildman–Crippen LogP) is 5.49. The molecule has 34 heavy (non-hydrogen) atoms. The van der Waals surface area contributed by atoms with E-state index in [1.165, 1.54) is 12.1 Å². The van der Waals surface area contributed by atoms with Gasteiger partial charge in [0.25, 0.3) is 0 Å². The van der Waals surface area contributed by atoms with Crippen LogP contribution in [0.2, 0.25) is 5.02 Å². The summed E-state index contributed by atoms with van der Waals surface area (Å²) in [6.07, 6.45) is 0.713. The molecule has 4 aromatic rings. The summed E-state index contributed by atoms with van der Waals surface area (Å²) in [4.78, 5) is 27.3. The number of halogens is 2. The zero-order valence-corrected chi connectivity index (χ0v) is 18.6. The fraction of sp³-hybridized carbons (Fsp3) is 0.154. The normalized spacial score (nSPS) is 13.4. The Labute approximate surface area is 199 Å². The minimum Gasteiger partial charge on any atom is -0.480 e. The molecule has 0 unspecified atom stereocenters. The smallest absolute Gasteiger partial charge is 0.407 e. The number of ether oxygens (including phenoxy) is 1. The fourth-order valence-electron chi connectivity index (χ4n) is 4.57. The highest BCUT2D eigenvalue weighted by Crippen LogP contribution is 2.44. The summed E-state index contributed by atoms with van der Waals surface area (Å²) >= 11 is 5.99. The number of rotatable bonds is 6. The van der Waals surface area contributed by atoms with E-state index in [2.05, 4.69) is 10.3 Å². The molecule has 0 radical (unpaired) electrons. The molecule has 6 nitrogen and oxygen atoms in total. The van der Waals surface area contributed by atoms with Crippen LogP contribution < -0.4 is 5.32 Å². The third-order valence-electron chi connectivity index (χ3n) is 6.19. The summed E-state index contributed by atoms with van der Waals surface area (Å²) in [5, 5.41) is 12.6. The van der Waals surface area contributed by atoms with Crippen molar-refractivity contribution in [3.8, 4) is 11.1 Å². The molecule has 3 N–H and O–H groups in total. The fourth-order valence-corrected chi connectivity index (χ4v) is 4.79. The molecule has 5 rings (SSSR count). The molecular formula is C26H20ClFN2O4. The molecule has 0 saturated heterocycles. The van der Waals surface area contributed by atoms with Crippen LogP contribution in [0.1, 0.15) is 22.6 Å². The predicted molar refractivity (Wildman–Crippen MR) is 127 cm³/mol. The van der Waals surface area contributed by atoms with Crippen molar-refractivity contribution in [2.24, 2.45) is 0 Å². The zero-order chi connectivity index (χ0) is 23.8. The van der Waals surface area contributed by atoms with E-state index in [-0.39, 0.29) is 24.0 Å². The van der Waals surface area contributed by atoms with Crippen molar-refractivity contribution in [1.29, 1.82) is 0 Å². The summed E-state index contributed by atoms with van der Waals surface area (Å²) in [5.74, 6) is -1.92. The van der Waals surface area contributed by atoms with Crippen molar-refractivity contribution in [1.82, 2.24) is 10.3 Å². The number of carbonyl (C=O) groups is 2. The summed E-state index contributed by atoms with van der Waals surface area (Å²) < 4.78 is 19.2. The molecule has 0 saturated carbocycles. The summed E-state index contributed by atoms with van der Waals surface area (Å²) in [6, 6.07) is 17.4. The molecule has 8 heteroatoms. The number of aromatic nitrogens is 1. The van der Waals surface area contributed by atoms with Gasteiger partial charge in [0.2, 0.25) is 0 Å². The number of fused-ring (bicyclic) bond motifs is 4. The molecule has 1 amide bonds. The van der Waals surface area contributed by atoms with Crippen molar-refractivity contribution >= 4 is 34.6 Å². The number of amides is 1. The zero-order valence-electron chi connectivity index (χ0n) is 17.8. The Morgan fingerprint density at radius 2 is 1.71 bits per heavy atom. The van der Waals surface area contributed by atoms with Crippen LogP contribution in [0.15, 0.2) is 66.9 Å². The lowest BCUT2D eigenvalue weighted by atomic mass is 9.98. The Morgan fingerprint density at radius 1 is 1.06 bits per heavy atom. The summed E-state index contributed by atoms with van der Waals surface area (Å²) in [6.45, 7) is 0.0775. The van der Waals surface area contributed by atoms with Crippen molar-refractivity contribution in [3.63, 3.8) is 0 Å². The van der Waals surface area contributed by atoms with Crippen LogP contribution in [-0.4, -0.2) is 34.8 Å². The third kappa shape index (κ3) is 3.88. The van der Waals surface area contributed by atoms with E-state index < -0.39 is 23.9 Å². The lowest BCUT2D eigenvalue weighted by Crippen LogP contribution is -2.42. The van der Waals surface area contributed by atoms with Crippen LogP contribution in [0.5, 0.6) is 0 Å². The number of alkyl carbamates (subject to hydrolysis) is 1. The first-order valence-corrected chi connectivity index (χ1v) is 11.1. The van der Waals surface area contributed by atoms with E-state index in [9.17, 15) is 19.1 Å². The first kappa shape index (κ1) is 22.0. The minimum absolute atomic E-state index is 0.0263. The maximum absolute atomic E-state index is 13.7. The highest BCUT2D eigenvalue weighted by molar-refractivity contribution is 6.35. The van der Waals surface area contributed by atoms with Crippen molar-refractivity contribution in [3.05, 3.63) is 94.4 Å². The number of nitrogens with one attached hydrogen (secondary N) is 2. The first-order chi connectivity index (χ1) is 16.4. The van der Waals surface area contributed by atoms with E-state index >= 15 is 0 Å². The SMILES string of the molecule is O=C(N[C@@H](Cc1c[nH]c2c(Cl)c(F)ccc12)C(=O)O)OCC1c2ccccc2-c2ccccc21. The van der Waals surface area contributed by atoms with E-state index in [0.29, 0.717) is 16.5 Å². The number of hydrogen-bond acceptors (Lipinski definition) is 3. The third-order valence-corrected chi connectivity index (χ3v) is 6.56. The Bertz CT molecular complexity index is 1370. The molecule has 1 aromatic heterocycles. The van der Waals surface area contributed by atoms with Crippen LogP contribution >= 0.6 is 11.6 Å². The van der Waals surface area contributed by atoms with E-state index in [0.717, 1.165) is 22.3 Å².